The third kappa shape index (κ3) is 4.57. The van der Waals surface area contributed by atoms with Gasteiger partial charge in [-0.15, -0.1) is 24.0 Å². The minimum absolute atomic E-state index is 0. The molecule has 1 unspecified atom stereocenters. The summed E-state index contributed by atoms with van der Waals surface area (Å²) in [6, 6.07) is 5.22. The lowest BCUT2D eigenvalue weighted by molar-refractivity contribution is 0.397. The summed E-state index contributed by atoms with van der Waals surface area (Å²) in [6.07, 6.45) is 2.02. The standard InChI is InChI=1S/C17H24N6O2.HI/c1-11-20-16-14(5-4-8-23(16)22-11)21-17(18-2)19-10-12-9-13(25-3)6-7-15(12)24;/h6-7,9,14,24H,4-5,8,10H2,1-3H3,(H2,18,19,21);1H. The van der Waals surface area contributed by atoms with Crippen LogP contribution in [0, 0.1) is 6.92 Å². The Hall–Kier alpha value is -2.04. The van der Waals surface area contributed by atoms with Crippen LogP contribution in [0.2, 0.25) is 0 Å². The Bertz CT molecular complexity index is 777. The predicted molar refractivity (Wildman–Crippen MR) is 110 cm³/mol. The number of phenols is 1. The molecule has 8 nitrogen and oxygen atoms in total. The van der Waals surface area contributed by atoms with E-state index >= 15 is 0 Å². The zero-order valence-corrected chi connectivity index (χ0v) is 17.5. The molecule has 1 aromatic carbocycles. The van der Waals surface area contributed by atoms with Crippen molar-refractivity contribution in [3.8, 4) is 11.5 Å². The summed E-state index contributed by atoms with van der Waals surface area (Å²) in [5.74, 6) is 3.30. The largest absolute Gasteiger partial charge is 0.508 e. The van der Waals surface area contributed by atoms with Gasteiger partial charge < -0.3 is 20.5 Å². The van der Waals surface area contributed by atoms with Gasteiger partial charge in [0, 0.05) is 25.7 Å². The summed E-state index contributed by atoms with van der Waals surface area (Å²) >= 11 is 0. The molecule has 0 radical (unpaired) electrons. The minimum Gasteiger partial charge on any atom is -0.508 e. The lowest BCUT2D eigenvalue weighted by Gasteiger charge is -2.25. The third-order valence-corrected chi connectivity index (χ3v) is 4.25. The molecule has 0 bridgehead atoms. The van der Waals surface area contributed by atoms with Gasteiger partial charge in [-0.2, -0.15) is 5.10 Å². The van der Waals surface area contributed by atoms with Crippen molar-refractivity contribution in [2.24, 2.45) is 4.99 Å². The van der Waals surface area contributed by atoms with E-state index in [1.54, 1.807) is 32.4 Å². The second-order valence-corrected chi connectivity index (χ2v) is 6.00. The number of methoxy groups -OCH3 is 1. The number of aliphatic imine (C=N–C) groups is 1. The predicted octanol–water partition coefficient (Wildman–Crippen LogP) is 2.12. The first-order valence-electron chi connectivity index (χ1n) is 8.35. The smallest absolute Gasteiger partial charge is 0.191 e. The molecule has 0 fully saturated rings. The topological polar surface area (TPSA) is 96.6 Å². The normalized spacial score (nSPS) is 16.4. The molecular weight excluding hydrogens is 447 g/mol. The molecule has 2 aromatic rings. The van der Waals surface area contributed by atoms with Crippen LogP contribution in [0.3, 0.4) is 0 Å². The lowest BCUT2D eigenvalue weighted by Crippen LogP contribution is -2.41. The van der Waals surface area contributed by atoms with E-state index in [9.17, 15) is 5.11 Å². The minimum atomic E-state index is 0. The molecule has 1 aliphatic heterocycles. The van der Waals surface area contributed by atoms with E-state index in [1.807, 2.05) is 11.6 Å². The summed E-state index contributed by atoms with van der Waals surface area (Å²) in [5, 5.41) is 21.0. The van der Waals surface area contributed by atoms with Crippen molar-refractivity contribution in [2.75, 3.05) is 14.2 Å². The molecule has 26 heavy (non-hydrogen) atoms. The van der Waals surface area contributed by atoms with Gasteiger partial charge in [0.15, 0.2) is 5.96 Å². The molecule has 0 saturated carbocycles. The van der Waals surface area contributed by atoms with Crippen LogP contribution in [-0.4, -0.2) is 40.0 Å². The van der Waals surface area contributed by atoms with Gasteiger partial charge in [-0.25, -0.2) is 9.67 Å². The number of hydrogen-bond donors (Lipinski definition) is 3. The number of aromatic nitrogens is 3. The fraction of sp³-hybridized carbons (Fsp3) is 0.471. The Morgan fingerprint density at radius 1 is 1.46 bits per heavy atom. The SMILES string of the molecule is CN=C(NCc1cc(OC)ccc1O)NC1CCCn2nc(C)nc21.I. The van der Waals surface area contributed by atoms with Crippen molar-refractivity contribution in [2.45, 2.75) is 38.9 Å². The number of rotatable bonds is 4. The van der Waals surface area contributed by atoms with Gasteiger partial charge >= 0.3 is 0 Å². The van der Waals surface area contributed by atoms with Crippen LogP contribution in [0.5, 0.6) is 11.5 Å². The molecule has 0 spiro atoms. The molecule has 1 aliphatic rings. The maximum absolute atomic E-state index is 9.99. The van der Waals surface area contributed by atoms with E-state index in [0.717, 1.165) is 36.6 Å². The third-order valence-electron chi connectivity index (χ3n) is 4.25. The average Bonchev–Trinajstić information content (AvgIpc) is 3.00. The molecule has 1 aromatic heterocycles. The number of nitrogens with one attached hydrogen (secondary N) is 2. The van der Waals surface area contributed by atoms with Gasteiger partial charge in [0.05, 0.1) is 13.2 Å². The number of halogens is 1. The zero-order chi connectivity index (χ0) is 17.8. The molecule has 0 saturated heterocycles. The van der Waals surface area contributed by atoms with E-state index < -0.39 is 0 Å². The first-order chi connectivity index (χ1) is 12.1. The van der Waals surface area contributed by atoms with E-state index in [2.05, 4.69) is 25.7 Å². The number of hydrogen-bond acceptors (Lipinski definition) is 5. The van der Waals surface area contributed by atoms with Crippen LogP contribution in [0.25, 0.3) is 0 Å². The summed E-state index contributed by atoms with van der Waals surface area (Å²) in [7, 11) is 3.32. The van der Waals surface area contributed by atoms with Crippen molar-refractivity contribution in [3.05, 3.63) is 35.4 Å². The van der Waals surface area contributed by atoms with E-state index in [-0.39, 0.29) is 35.8 Å². The van der Waals surface area contributed by atoms with Gasteiger partial charge in [0.25, 0.3) is 0 Å². The Labute approximate surface area is 170 Å². The number of guanidine groups is 1. The highest BCUT2D eigenvalue weighted by Crippen LogP contribution is 2.24. The Kier molecular flexibility index (Phi) is 7.06. The highest BCUT2D eigenvalue weighted by atomic mass is 127. The fourth-order valence-electron chi connectivity index (χ4n) is 2.97. The first kappa shape index (κ1) is 20.3. The molecule has 2 heterocycles. The van der Waals surface area contributed by atoms with Crippen molar-refractivity contribution >= 4 is 29.9 Å². The van der Waals surface area contributed by atoms with Gasteiger partial charge in [0.1, 0.15) is 23.1 Å². The molecule has 1 atom stereocenters. The lowest BCUT2D eigenvalue weighted by atomic mass is 10.1. The second kappa shape index (κ2) is 9.06. The van der Waals surface area contributed by atoms with Gasteiger partial charge in [-0.05, 0) is 38.0 Å². The molecule has 3 N–H and O–H groups in total. The highest BCUT2D eigenvalue weighted by Gasteiger charge is 2.24. The molecular formula is C17H25IN6O2. The Morgan fingerprint density at radius 3 is 3.00 bits per heavy atom. The number of nitrogens with zero attached hydrogens (tertiary/aromatic N) is 4. The van der Waals surface area contributed by atoms with Crippen molar-refractivity contribution in [1.29, 1.82) is 0 Å². The fourth-order valence-corrected chi connectivity index (χ4v) is 2.97. The summed E-state index contributed by atoms with van der Waals surface area (Å²) in [6.45, 7) is 3.24. The van der Waals surface area contributed by atoms with Crippen LogP contribution in [0.1, 0.15) is 36.1 Å². The molecule has 142 valence electrons. The zero-order valence-electron chi connectivity index (χ0n) is 15.2. The monoisotopic (exact) mass is 472 g/mol. The first-order valence-corrected chi connectivity index (χ1v) is 8.35. The number of fused-ring (bicyclic) bond motifs is 1. The highest BCUT2D eigenvalue weighted by molar-refractivity contribution is 14.0. The molecule has 9 heteroatoms. The second-order valence-electron chi connectivity index (χ2n) is 6.00. The van der Waals surface area contributed by atoms with E-state index in [0.29, 0.717) is 18.3 Å². The van der Waals surface area contributed by atoms with Crippen LogP contribution in [0.15, 0.2) is 23.2 Å². The maximum Gasteiger partial charge on any atom is 0.191 e. The van der Waals surface area contributed by atoms with Crippen LogP contribution in [-0.2, 0) is 13.1 Å². The average molecular weight is 472 g/mol. The Morgan fingerprint density at radius 2 is 2.27 bits per heavy atom. The van der Waals surface area contributed by atoms with Crippen LogP contribution < -0.4 is 15.4 Å². The number of aryl methyl sites for hydroxylation is 2. The van der Waals surface area contributed by atoms with Crippen molar-refractivity contribution in [1.82, 2.24) is 25.4 Å². The van der Waals surface area contributed by atoms with Crippen LogP contribution >= 0.6 is 24.0 Å². The van der Waals surface area contributed by atoms with Crippen molar-refractivity contribution in [3.63, 3.8) is 0 Å². The maximum atomic E-state index is 9.99. The summed E-state index contributed by atoms with van der Waals surface area (Å²) in [5.41, 5.74) is 0.741. The van der Waals surface area contributed by atoms with Crippen molar-refractivity contribution < 1.29 is 9.84 Å². The number of phenolic OH excluding ortho intramolecular Hbond substituents is 1. The van der Waals surface area contributed by atoms with Crippen LogP contribution in [0.4, 0.5) is 0 Å². The number of aromatic hydroxyl groups is 1. The number of benzene rings is 1. The van der Waals surface area contributed by atoms with Gasteiger partial charge in [-0.3, -0.25) is 4.99 Å². The van der Waals surface area contributed by atoms with Gasteiger partial charge in [-0.1, -0.05) is 0 Å². The number of ether oxygens (including phenoxy) is 1. The summed E-state index contributed by atoms with van der Waals surface area (Å²) in [4.78, 5) is 8.80. The van der Waals surface area contributed by atoms with Gasteiger partial charge in [0.2, 0.25) is 0 Å². The molecule has 0 amide bonds. The molecule has 0 aliphatic carbocycles. The summed E-state index contributed by atoms with van der Waals surface area (Å²) < 4.78 is 7.16. The molecule has 3 rings (SSSR count). The quantitative estimate of drug-likeness (QED) is 0.359. The van der Waals surface area contributed by atoms with E-state index in [4.69, 9.17) is 4.74 Å². The Balaban J connectivity index is 0.00000243. The van der Waals surface area contributed by atoms with E-state index in [1.165, 1.54) is 0 Å².